The quantitative estimate of drug-likeness (QED) is 0.665. The first-order valence-electron chi connectivity index (χ1n) is 8.32. The Balaban J connectivity index is 0.00000243. The molecule has 2 N–H and O–H groups in total. The number of imidazole rings is 1. The summed E-state index contributed by atoms with van der Waals surface area (Å²) in [7, 11) is 1.58. The highest BCUT2D eigenvalue weighted by atomic mass is 35.5. The van der Waals surface area contributed by atoms with Crippen molar-refractivity contribution in [3.63, 3.8) is 0 Å². The maximum Gasteiger partial charge on any atom is 0.203 e. The third kappa shape index (κ3) is 3.86. The van der Waals surface area contributed by atoms with Crippen LogP contribution in [-0.2, 0) is 13.1 Å². The fourth-order valence-electron chi connectivity index (χ4n) is 2.99. The number of fused-ring (bicyclic) bond motifs is 1. The number of para-hydroxylation sites is 4. The molecule has 1 aromatic heterocycles. The molecule has 3 rings (SSSR count). The lowest BCUT2D eigenvalue weighted by atomic mass is 10.3. The first-order chi connectivity index (χ1) is 12.2. The van der Waals surface area contributed by atoms with Crippen LogP contribution in [0.25, 0.3) is 11.0 Å². The molecule has 1 unspecified atom stereocenters. The highest BCUT2D eigenvalue weighted by molar-refractivity contribution is 5.85. The van der Waals surface area contributed by atoms with E-state index in [9.17, 15) is 5.11 Å². The second-order valence-corrected chi connectivity index (χ2v) is 5.78. The minimum atomic E-state index is -0.741. The van der Waals surface area contributed by atoms with Crippen molar-refractivity contribution in [2.45, 2.75) is 26.1 Å². The van der Waals surface area contributed by atoms with Crippen molar-refractivity contribution >= 4 is 23.4 Å². The van der Waals surface area contributed by atoms with Gasteiger partial charge in [-0.05, 0) is 31.2 Å². The van der Waals surface area contributed by atoms with Gasteiger partial charge in [-0.3, -0.25) is 5.41 Å². The minimum absolute atomic E-state index is 0. The molecule has 0 saturated heterocycles. The van der Waals surface area contributed by atoms with E-state index in [-0.39, 0.29) is 19.0 Å². The second-order valence-electron chi connectivity index (χ2n) is 5.78. The molecule has 1 heterocycles. The average molecular weight is 378 g/mol. The van der Waals surface area contributed by atoms with Gasteiger partial charge in [0.1, 0.15) is 12.7 Å². The van der Waals surface area contributed by atoms with Crippen molar-refractivity contribution in [2.24, 2.45) is 0 Å². The molecule has 0 saturated carbocycles. The summed E-state index contributed by atoms with van der Waals surface area (Å²) in [4.78, 5) is 0. The Labute approximate surface area is 158 Å². The van der Waals surface area contributed by atoms with Crippen molar-refractivity contribution in [1.29, 1.82) is 5.41 Å². The highest BCUT2D eigenvalue weighted by Gasteiger charge is 2.14. The molecule has 0 radical (unpaired) electrons. The molecule has 7 heteroatoms. The third-order valence-corrected chi connectivity index (χ3v) is 4.18. The number of hydrogen-bond donors (Lipinski definition) is 2. The summed E-state index contributed by atoms with van der Waals surface area (Å²) in [5.74, 6) is 1.22. The van der Waals surface area contributed by atoms with Crippen molar-refractivity contribution < 1.29 is 14.6 Å². The number of aliphatic hydroxyl groups excluding tert-OH is 1. The summed E-state index contributed by atoms with van der Waals surface area (Å²) in [6.45, 7) is 3.14. The molecule has 0 aliphatic rings. The summed E-state index contributed by atoms with van der Waals surface area (Å²) in [6.07, 6.45) is -0.741. The van der Waals surface area contributed by atoms with E-state index >= 15 is 0 Å². The molecule has 26 heavy (non-hydrogen) atoms. The Bertz CT molecular complexity index is 920. The third-order valence-electron chi connectivity index (χ3n) is 4.18. The van der Waals surface area contributed by atoms with Gasteiger partial charge < -0.3 is 23.7 Å². The zero-order valence-corrected chi connectivity index (χ0v) is 15.7. The van der Waals surface area contributed by atoms with Gasteiger partial charge in [0.15, 0.2) is 11.5 Å². The van der Waals surface area contributed by atoms with Gasteiger partial charge in [-0.1, -0.05) is 24.3 Å². The smallest absolute Gasteiger partial charge is 0.203 e. The van der Waals surface area contributed by atoms with E-state index in [4.69, 9.17) is 14.9 Å². The van der Waals surface area contributed by atoms with E-state index in [1.54, 1.807) is 13.2 Å². The number of benzene rings is 2. The molecule has 0 spiro atoms. The van der Waals surface area contributed by atoms with E-state index in [1.165, 1.54) is 0 Å². The SMILES string of the molecule is CCn1c(=N)n(CC(O)COc2ccccc2OC)c2ccccc21.Cl. The number of halogens is 1. The molecule has 3 aromatic rings. The van der Waals surface area contributed by atoms with Crippen molar-refractivity contribution in [2.75, 3.05) is 13.7 Å². The van der Waals surface area contributed by atoms with Crippen molar-refractivity contribution in [3.8, 4) is 11.5 Å². The molecular weight excluding hydrogens is 354 g/mol. The Hall–Kier alpha value is -2.44. The normalized spacial score (nSPS) is 11.8. The zero-order valence-electron chi connectivity index (χ0n) is 14.9. The van der Waals surface area contributed by atoms with E-state index in [1.807, 2.05) is 58.5 Å². The molecule has 0 fully saturated rings. The molecule has 0 aliphatic carbocycles. The van der Waals surface area contributed by atoms with Gasteiger partial charge in [-0.15, -0.1) is 12.4 Å². The molecule has 140 valence electrons. The predicted molar refractivity (Wildman–Crippen MR) is 103 cm³/mol. The molecule has 6 nitrogen and oxygen atoms in total. The Kier molecular flexibility index (Phi) is 6.71. The van der Waals surface area contributed by atoms with Gasteiger partial charge >= 0.3 is 0 Å². The van der Waals surface area contributed by atoms with E-state index in [0.717, 1.165) is 11.0 Å². The zero-order chi connectivity index (χ0) is 17.8. The van der Waals surface area contributed by atoms with Gasteiger partial charge in [0.05, 0.1) is 24.7 Å². The summed E-state index contributed by atoms with van der Waals surface area (Å²) in [5.41, 5.74) is 2.30. The summed E-state index contributed by atoms with van der Waals surface area (Å²) in [5, 5.41) is 18.8. The van der Waals surface area contributed by atoms with Crippen LogP contribution >= 0.6 is 12.4 Å². The van der Waals surface area contributed by atoms with E-state index in [2.05, 4.69) is 0 Å². The lowest BCUT2D eigenvalue weighted by molar-refractivity contribution is 0.0906. The van der Waals surface area contributed by atoms with Gasteiger partial charge in [-0.2, -0.15) is 0 Å². The van der Waals surface area contributed by atoms with E-state index < -0.39 is 6.10 Å². The number of ether oxygens (including phenoxy) is 2. The lowest BCUT2D eigenvalue weighted by Crippen LogP contribution is -2.31. The number of aliphatic hydroxyl groups is 1. The highest BCUT2D eigenvalue weighted by Crippen LogP contribution is 2.25. The largest absolute Gasteiger partial charge is 0.493 e. The maximum absolute atomic E-state index is 10.4. The number of aryl methyl sites for hydroxylation is 1. The first-order valence-corrected chi connectivity index (χ1v) is 8.32. The molecule has 2 aromatic carbocycles. The molecule has 0 aliphatic heterocycles. The van der Waals surface area contributed by atoms with Gasteiger partial charge in [0.25, 0.3) is 0 Å². The first kappa shape index (κ1) is 19.9. The number of hydrogen-bond acceptors (Lipinski definition) is 4. The Morgan fingerprint density at radius 2 is 1.58 bits per heavy atom. The number of aromatic nitrogens is 2. The Morgan fingerprint density at radius 3 is 2.19 bits per heavy atom. The Morgan fingerprint density at radius 1 is 1.00 bits per heavy atom. The second kappa shape index (κ2) is 8.78. The average Bonchev–Trinajstić information content (AvgIpc) is 2.91. The van der Waals surface area contributed by atoms with Gasteiger partial charge in [0, 0.05) is 6.54 Å². The van der Waals surface area contributed by atoms with Gasteiger partial charge in [-0.25, -0.2) is 0 Å². The molecular formula is C19H24ClN3O3. The number of rotatable bonds is 7. The summed E-state index contributed by atoms with van der Waals surface area (Å²) in [6, 6.07) is 15.2. The number of nitrogens with zero attached hydrogens (tertiary/aromatic N) is 2. The van der Waals surface area contributed by atoms with Crippen LogP contribution in [0.5, 0.6) is 11.5 Å². The summed E-state index contributed by atoms with van der Waals surface area (Å²) < 4.78 is 14.7. The van der Waals surface area contributed by atoms with Crippen LogP contribution in [0.3, 0.4) is 0 Å². The molecule has 0 bridgehead atoms. The lowest BCUT2D eigenvalue weighted by Gasteiger charge is -2.15. The van der Waals surface area contributed by atoms with Crippen LogP contribution in [-0.4, -0.2) is 34.1 Å². The number of methoxy groups -OCH3 is 1. The van der Waals surface area contributed by atoms with E-state index in [0.29, 0.717) is 30.2 Å². The van der Waals surface area contributed by atoms with Gasteiger partial charge in [0.2, 0.25) is 5.62 Å². The predicted octanol–water partition coefficient (Wildman–Crippen LogP) is 2.81. The monoisotopic (exact) mass is 377 g/mol. The topological polar surface area (TPSA) is 72.4 Å². The van der Waals surface area contributed by atoms with Crippen LogP contribution < -0.4 is 15.1 Å². The van der Waals surface area contributed by atoms with Crippen LogP contribution in [0.4, 0.5) is 0 Å². The van der Waals surface area contributed by atoms with Crippen molar-refractivity contribution in [1.82, 2.24) is 9.13 Å². The van der Waals surface area contributed by atoms with Crippen LogP contribution in [0.1, 0.15) is 6.92 Å². The van der Waals surface area contributed by atoms with Crippen LogP contribution in [0.15, 0.2) is 48.5 Å². The van der Waals surface area contributed by atoms with Crippen LogP contribution in [0.2, 0.25) is 0 Å². The van der Waals surface area contributed by atoms with Crippen molar-refractivity contribution in [3.05, 3.63) is 54.1 Å². The fourth-order valence-corrected chi connectivity index (χ4v) is 2.99. The minimum Gasteiger partial charge on any atom is -0.493 e. The maximum atomic E-state index is 10.4. The molecule has 0 amide bonds. The fraction of sp³-hybridized carbons (Fsp3) is 0.316. The number of nitrogens with one attached hydrogen (secondary N) is 1. The van der Waals surface area contributed by atoms with Crippen LogP contribution in [0, 0.1) is 5.41 Å². The molecule has 1 atom stereocenters. The summed E-state index contributed by atoms with van der Waals surface area (Å²) >= 11 is 0. The standard InChI is InChI=1S/C19H23N3O3.ClH/c1-3-21-15-8-4-5-9-16(15)22(19(21)20)12-14(23)13-25-18-11-7-6-10-17(18)24-2;/h4-11,14,20,23H,3,12-13H2,1-2H3;1H.